The van der Waals surface area contributed by atoms with Crippen molar-refractivity contribution in [2.45, 2.75) is 13.3 Å². The highest BCUT2D eigenvalue weighted by Crippen LogP contribution is 2.23. The zero-order chi connectivity index (χ0) is 14.0. The molecule has 2 heterocycles. The Labute approximate surface area is 116 Å². The van der Waals surface area contributed by atoms with Gasteiger partial charge >= 0.3 is 5.97 Å². The number of likely N-dealkylation sites (tertiary alicyclic amines) is 1. The van der Waals surface area contributed by atoms with Crippen LogP contribution >= 0.6 is 11.6 Å². The van der Waals surface area contributed by atoms with E-state index in [2.05, 4.69) is 4.98 Å². The van der Waals surface area contributed by atoms with Crippen LogP contribution in [-0.2, 0) is 9.53 Å². The number of hydrogen-bond acceptors (Lipinski definition) is 4. The number of carbonyl (C=O) groups is 2. The van der Waals surface area contributed by atoms with Crippen LogP contribution in [0.3, 0.4) is 0 Å². The molecule has 2 rings (SSSR count). The number of esters is 1. The molecule has 0 aromatic carbocycles. The average molecular weight is 283 g/mol. The molecule has 0 bridgehead atoms. The minimum absolute atomic E-state index is 0.191. The second-order valence-electron chi connectivity index (χ2n) is 4.57. The largest absolute Gasteiger partial charge is 0.469 e. The monoisotopic (exact) mass is 282 g/mol. The first-order valence-electron chi connectivity index (χ1n) is 6.02. The molecule has 0 radical (unpaired) electrons. The fourth-order valence-corrected chi connectivity index (χ4v) is 2.45. The molecule has 1 saturated heterocycles. The van der Waals surface area contributed by atoms with Gasteiger partial charge in [-0.05, 0) is 19.4 Å². The third kappa shape index (κ3) is 2.87. The highest BCUT2D eigenvalue weighted by atomic mass is 35.5. The van der Waals surface area contributed by atoms with Crippen molar-refractivity contribution in [3.8, 4) is 0 Å². The minimum Gasteiger partial charge on any atom is -0.469 e. The topological polar surface area (TPSA) is 59.5 Å². The Bertz CT molecular complexity index is 519. The van der Waals surface area contributed by atoms with E-state index in [-0.39, 0.29) is 17.8 Å². The number of aromatic nitrogens is 1. The summed E-state index contributed by atoms with van der Waals surface area (Å²) in [5, 5.41) is 0.388. The molecule has 0 spiro atoms. The van der Waals surface area contributed by atoms with Crippen LogP contribution < -0.4 is 0 Å². The van der Waals surface area contributed by atoms with E-state index in [4.69, 9.17) is 16.3 Å². The van der Waals surface area contributed by atoms with Crippen LogP contribution in [0.1, 0.15) is 22.5 Å². The van der Waals surface area contributed by atoms with E-state index in [9.17, 15) is 9.59 Å². The maximum atomic E-state index is 12.3. The van der Waals surface area contributed by atoms with Crippen LogP contribution in [0.5, 0.6) is 0 Å². The van der Waals surface area contributed by atoms with E-state index in [1.54, 1.807) is 11.0 Å². The molecule has 1 unspecified atom stereocenters. The van der Waals surface area contributed by atoms with Gasteiger partial charge in [0, 0.05) is 25.0 Å². The predicted molar refractivity (Wildman–Crippen MR) is 70.0 cm³/mol. The molecule has 1 aromatic rings. The smallest absolute Gasteiger partial charge is 0.310 e. The first kappa shape index (κ1) is 13.8. The van der Waals surface area contributed by atoms with Gasteiger partial charge in [0.1, 0.15) is 0 Å². The van der Waals surface area contributed by atoms with E-state index in [0.29, 0.717) is 30.1 Å². The van der Waals surface area contributed by atoms with Crippen LogP contribution in [-0.4, -0.2) is 42.0 Å². The van der Waals surface area contributed by atoms with E-state index >= 15 is 0 Å². The van der Waals surface area contributed by atoms with Gasteiger partial charge in [-0.1, -0.05) is 11.6 Å². The SMILES string of the molecule is COC(=O)C1CCN(C(=O)c2cnc(C)cc2Cl)C1. The molecule has 1 atom stereocenters. The molecule has 1 amide bonds. The number of pyridine rings is 1. The van der Waals surface area contributed by atoms with Crippen LogP contribution in [0, 0.1) is 12.8 Å². The number of nitrogens with zero attached hydrogens (tertiary/aromatic N) is 2. The number of methoxy groups -OCH3 is 1. The summed E-state index contributed by atoms with van der Waals surface area (Å²) in [7, 11) is 1.35. The highest BCUT2D eigenvalue weighted by molar-refractivity contribution is 6.33. The van der Waals surface area contributed by atoms with E-state index < -0.39 is 0 Å². The third-order valence-electron chi connectivity index (χ3n) is 3.23. The summed E-state index contributed by atoms with van der Waals surface area (Å²) in [6.45, 7) is 2.71. The summed E-state index contributed by atoms with van der Waals surface area (Å²) in [4.78, 5) is 29.4. The lowest BCUT2D eigenvalue weighted by Gasteiger charge is -2.16. The first-order valence-corrected chi connectivity index (χ1v) is 6.40. The fraction of sp³-hybridized carbons (Fsp3) is 0.462. The summed E-state index contributed by atoms with van der Waals surface area (Å²) < 4.78 is 4.69. The molecule has 0 N–H and O–H groups in total. The highest BCUT2D eigenvalue weighted by Gasteiger charge is 2.32. The molecule has 1 aliphatic rings. The van der Waals surface area contributed by atoms with Gasteiger partial charge < -0.3 is 9.64 Å². The Hall–Kier alpha value is -1.62. The van der Waals surface area contributed by atoms with E-state index in [1.165, 1.54) is 13.3 Å². The summed E-state index contributed by atoms with van der Waals surface area (Å²) in [5.74, 6) is -0.710. The van der Waals surface area contributed by atoms with Crippen molar-refractivity contribution in [1.29, 1.82) is 0 Å². The molecular weight excluding hydrogens is 268 g/mol. The molecule has 102 valence electrons. The molecule has 1 aliphatic heterocycles. The van der Waals surface area contributed by atoms with Gasteiger partial charge in [-0.25, -0.2) is 0 Å². The first-order chi connectivity index (χ1) is 9.02. The maximum absolute atomic E-state index is 12.3. The van der Waals surface area contributed by atoms with Crippen LogP contribution in [0.15, 0.2) is 12.3 Å². The molecule has 19 heavy (non-hydrogen) atoms. The average Bonchev–Trinajstić information content (AvgIpc) is 2.86. The van der Waals surface area contributed by atoms with Crippen molar-refractivity contribution < 1.29 is 14.3 Å². The minimum atomic E-state index is -0.275. The quantitative estimate of drug-likeness (QED) is 0.775. The van der Waals surface area contributed by atoms with Crippen molar-refractivity contribution in [2.75, 3.05) is 20.2 Å². The van der Waals surface area contributed by atoms with Gasteiger partial charge in [0.25, 0.3) is 5.91 Å². The van der Waals surface area contributed by atoms with Crippen molar-refractivity contribution in [2.24, 2.45) is 5.92 Å². The Morgan fingerprint density at radius 1 is 1.53 bits per heavy atom. The van der Waals surface area contributed by atoms with Crippen molar-refractivity contribution >= 4 is 23.5 Å². The summed E-state index contributed by atoms with van der Waals surface area (Å²) in [6, 6.07) is 1.66. The van der Waals surface area contributed by atoms with Crippen molar-refractivity contribution in [3.63, 3.8) is 0 Å². The lowest BCUT2D eigenvalue weighted by atomic mass is 10.1. The number of ether oxygens (including phenoxy) is 1. The lowest BCUT2D eigenvalue weighted by molar-refractivity contribution is -0.144. The van der Waals surface area contributed by atoms with Crippen molar-refractivity contribution in [3.05, 3.63) is 28.5 Å². The molecule has 1 aromatic heterocycles. The van der Waals surface area contributed by atoms with Gasteiger partial charge in [0.15, 0.2) is 0 Å². The van der Waals surface area contributed by atoms with Gasteiger partial charge in [0.05, 0.1) is 23.6 Å². The third-order valence-corrected chi connectivity index (χ3v) is 3.54. The molecule has 5 nitrogen and oxygen atoms in total. The Morgan fingerprint density at radius 2 is 2.26 bits per heavy atom. The van der Waals surface area contributed by atoms with E-state index in [1.807, 2.05) is 6.92 Å². The number of rotatable bonds is 2. The summed E-state index contributed by atoms with van der Waals surface area (Å²) in [6.07, 6.45) is 2.10. The molecule has 6 heteroatoms. The zero-order valence-corrected chi connectivity index (χ0v) is 11.6. The second-order valence-corrected chi connectivity index (χ2v) is 4.97. The summed E-state index contributed by atoms with van der Waals surface area (Å²) >= 11 is 6.05. The Balaban J connectivity index is 2.11. The van der Waals surface area contributed by atoms with Crippen LogP contribution in [0.2, 0.25) is 5.02 Å². The Morgan fingerprint density at radius 3 is 2.89 bits per heavy atom. The number of carbonyl (C=O) groups excluding carboxylic acids is 2. The van der Waals surface area contributed by atoms with Crippen molar-refractivity contribution in [1.82, 2.24) is 9.88 Å². The number of aryl methyl sites for hydroxylation is 1. The zero-order valence-electron chi connectivity index (χ0n) is 10.9. The Kier molecular flexibility index (Phi) is 4.04. The van der Waals surface area contributed by atoms with Gasteiger partial charge in [-0.2, -0.15) is 0 Å². The summed E-state index contributed by atoms with van der Waals surface area (Å²) in [5.41, 5.74) is 1.13. The predicted octanol–water partition coefficient (Wildman–Crippen LogP) is 1.68. The standard InChI is InChI=1S/C13H15ClN2O3/c1-8-5-11(14)10(6-15-8)12(17)16-4-3-9(7-16)13(18)19-2/h5-6,9H,3-4,7H2,1-2H3. The molecule has 1 fully saturated rings. The number of amides is 1. The maximum Gasteiger partial charge on any atom is 0.310 e. The molecule has 0 aliphatic carbocycles. The van der Waals surface area contributed by atoms with Crippen LogP contribution in [0.4, 0.5) is 0 Å². The second kappa shape index (κ2) is 5.57. The van der Waals surface area contributed by atoms with Gasteiger partial charge in [0.2, 0.25) is 0 Å². The fourth-order valence-electron chi connectivity index (χ4n) is 2.16. The lowest BCUT2D eigenvalue weighted by Crippen LogP contribution is -2.30. The molecular formula is C13H15ClN2O3. The van der Waals surface area contributed by atoms with Crippen LogP contribution in [0.25, 0.3) is 0 Å². The normalized spacial score (nSPS) is 18.5. The van der Waals surface area contributed by atoms with Gasteiger partial charge in [-0.3, -0.25) is 14.6 Å². The molecule has 0 saturated carbocycles. The number of halogens is 1. The van der Waals surface area contributed by atoms with E-state index in [0.717, 1.165) is 5.69 Å². The number of hydrogen-bond donors (Lipinski definition) is 0. The van der Waals surface area contributed by atoms with Gasteiger partial charge in [-0.15, -0.1) is 0 Å².